The normalized spacial score (nSPS) is 16.6. The predicted octanol–water partition coefficient (Wildman–Crippen LogP) is 4.13. The van der Waals surface area contributed by atoms with Crippen LogP contribution in [0.5, 0.6) is 0 Å². The largest absolute Gasteiger partial charge is 0.465 e. The van der Waals surface area contributed by atoms with E-state index in [2.05, 4.69) is 40.3 Å². The number of hydrogen-bond donors (Lipinski definition) is 1. The number of cyclic esters (lactones) is 1. The molecule has 0 bridgehead atoms. The Hall–Kier alpha value is -3.06. The first-order chi connectivity index (χ1) is 13.7. The Morgan fingerprint density at radius 2 is 2.07 bits per heavy atom. The van der Waals surface area contributed by atoms with Gasteiger partial charge in [-0.15, -0.1) is 10.2 Å². The maximum Gasteiger partial charge on any atom is 0.319 e. The number of carbonyl (C=O) groups excluding carboxylic acids is 1. The number of carbonyl (C=O) groups is 1. The fourth-order valence-electron chi connectivity index (χ4n) is 3.49. The first-order valence-electron chi connectivity index (χ1n) is 9.13. The van der Waals surface area contributed by atoms with Crippen molar-refractivity contribution in [3.63, 3.8) is 0 Å². The number of nitrogens with one attached hydrogen (secondary N) is 1. The van der Waals surface area contributed by atoms with Crippen molar-refractivity contribution in [1.29, 1.82) is 0 Å². The van der Waals surface area contributed by atoms with E-state index in [0.29, 0.717) is 18.2 Å². The Morgan fingerprint density at radius 3 is 2.89 bits per heavy atom. The van der Waals surface area contributed by atoms with E-state index >= 15 is 0 Å². The molecule has 0 spiro atoms. The molecule has 7 heteroatoms. The van der Waals surface area contributed by atoms with Crippen LogP contribution in [-0.2, 0) is 9.53 Å². The number of rotatable bonds is 4. The Kier molecular flexibility index (Phi) is 4.16. The number of aromatic nitrogens is 4. The van der Waals surface area contributed by atoms with Crippen molar-refractivity contribution in [2.75, 3.05) is 6.61 Å². The van der Waals surface area contributed by atoms with Crippen molar-refractivity contribution in [3.8, 4) is 17.1 Å². The van der Waals surface area contributed by atoms with Crippen LogP contribution < -0.4 is 0 Å². The van der Waals surface area contributed by atoms with Gasteiger partial charge in [0.15, 0.2) is 11.0 Å². The Morgan fingerprint density at radius 1 is 1.18 bits per heavy atom. The third kappa shape index (κ3) is 2.88. The minimum atomic E-state index is -0.247. The molecule has 5 rings (SSSR count). The average Bonchev–Trinajstić information content (AvgIpc) is 3.41. The Balaban J connectivity index is 1.68. The quantitative estimate of drug-likeness (QED) is 0.531. The number of aromatic amines is 1. The predicted molar refractivity (Wildman–Crippen MR) is 109 cm³/mol. The van der Waals surface area contributed by atoms with Gasteiger partial charge < -0.3 is 9.72 Å². The van der Waals surface area contributed by atoms with E-state index in [9.17, 15) is 4.79 Å². The van der Waals surface area contributed by atoms with Gasteiger partial charge in [0.25, 0.3) is 0 Å². The van der Waals surface area contributed by atoms with Crippen LogP contribution in [0, 0.1) is 6.92 Å². The topological polar surface area (TPSA) is 72.8 Å². The summed E-state index contributed by atoms with van der Waals surface area (Å²) >= 11 is 1.41. The van der Waals surface area contributed by atoms with Gasteiger partial charge in [-0.05, 0) is 30.7 Å². The van der Waals surface area contributed by atoms with E-state index < -0.39 is 0 Å². The molecule has 1 aliphatic heterocycles. The average molecular weight is 390 g/mol. The lowest BCUT2D eigenvalue weighted by Gasteiger charge is -2.12. The van der Waals surface area contributed by atoms with E-state index in [1.807, 2.05) is 41.1 Å². The van der Waals surface area contributed by atoms with Crippen LogP contribution in [0.15, 0.2) is 59.9 Å². The number of aryl methyl sites for hydroxylation is 1. The highest BCUT2D eigenvalue weighted by molar-refractivity contribution is 8.00. The molecule has 1 fully saturated rings. The molecule has 1 unspecified atom stereocenters. The number of benzene rings is 2. The van der Waals surface area contributed by atoms with E-state index in [1.54, 1.807) is 0 Å². The molecule has 140 valence electrons. The summed E-state index contributed by atoms with van der Waals surface area (Å²) in [6.07, 6.45) is 2.64. The lowest BCUT2D eigenvalue weighted by molar-refractivity contribution is -0.137. The smallest absolute Gasteiger partial charge is 0.319 e. The second kappa shape index (κ2) is 6.83. The van der Waals surface area contributed by atoms with Gasteiger partial charge in [-0.25, -0.2) is 0 Å². The summed E-state index contributed by atoms with van der Waals surface area (Å²) < 4.78 is 7.14. The van der Waals surface area contributed by atoms with Gasteiger partial charge >= 0.3 is 5.97 Å². The van der Waals surface area contributed by atoms with Crippen LogP contribution in [0.3, 0.4) is 0 Å². The summed E-state index contributed by atoms with van der Waals surface area (Å²) in [5, 5.41) is 10.5. The summed E-state index contributed by atoms with van der Waals surface area (Å²) in [5.74, 6) is 0.564. The molecule has 6 nitrogen and oxygen atoms in total. The van der Waals surface area contributed by atoms with Crippen molar-refractivity contribution in [1.82, 2.24) is 19.7 Å². The number of nitrogens with zero attached hydrogens (tertiary/aromatic N) is 3. The first-order valence-corrected chi connectivity index (χ1v) is 10.0. The van der Waals surface area contributed by atoms with Crippen LogP contribution in [0.2, 0.25) is 0 Å². The zero-order chi connectivity index (χ0) is 19.1. The third-order valence-electron chi connectivity index (χ3n) is 4.86. The van der Waals surface area contributed by atoms with Crippen molar-refractivity contribution in [2.45, 2.75) is 23.8 Å². The summed E-state index contributed by atoms with van der Waals surface area (Å²) in [4.78, 5) is 15.3. The molecule has 2 aromatic heterocycles. The molecule has 0 aliphatic carbocycles. The van der Waals surface area contributed by atoms with Crippen molar-refractivity contribution in [3.05, 3.63) is 60.3 Å². The van der Waals surface area contributed by atoms with E-state index in [4.69, 9.17) is 4.74 Å². The maximum absolute atomic E-state index is 12.0. The first kappa shape index (κ1) is 17.1. The maximum atomic E-state index is 12.0. The summed E-state index contributed by atoms with van der Waals surface area (Å²) in [7, 11) is 0. The van der Waals surface area contributed by atoms with Gasteiger partial charge in [0.1, 0.15) is 5.25 Å². The number of hydrogen-bond acceptors (Lipinski definition) is 5. The molecular formula is C21H18N4O2S. The second-order valence-electron chi connectivity index (χ2n) is 6.79. The lowest BCUT2D eigenvalue weighted by Crippen LogP contribution is -2.11. The SMILES string of the molecule is Cc1cccc(-n2c(SC3CCOC3=O)nnc2-c2c[nH]c3ccccc23)c1. The fourth-order valence-corrected chi connectivity index (χ4v) is 4.51. The monoisotopic (exact) mass is 390 g/mol. The minimum absolute atomic E-state index is 0.183. The van der Waals surface area contributed by atoms with Gasteiger partial charge in [-0.2, -0.15) is 0 Å². The van der Waals surface area contributed by atoms with Gasteiger partial charge in [0.05, 0.1) is 6.61 Å². The number of fused-ring (bicyclic) bond motifs is 1. The summed E-state index contributed by atoms with van der Waals surface area (Å²) in [6, 6.07) is 16.3. The highest BCUT2D eigenvalue weighted by Gasteiger charge is 2.30. The van der Waals surface area contributed by atoms with Crippen molar-refractivity contribution in [2.24, 2.45) is 0 Å². The van der Waals surface area contributed by atoms with Gasteiger partial charge in [-0.3, -0.25) is 9.36 Å². The van der Waals surface area contributed by atoms with Crippen LogP contribution in [0.25, 0.3) is 28.0 Å². The zero-order valence-electron chi connectivity index (χ0n) is 15.3. The number of para-hydroxylation sites is 1. The molecule has 2 aromatic carbocycles. The molecule has 28 heavy (non-hydrogen) atoms. The lowest BCUT2D eigenvalue weighted by atomic mass is 10.1. The van der Waals surface area contributed by atoms with Crippen LogP contribution >= 0.6 is 11.8 Å². The van der Waals surface area contributed by atoms with E-state index in [1.165, 1.54) is 11.8 Å². The molecule has 1 saturated heterocycles. The van der Waals surface area contributed by atoms with Crippen LogP contribution in [0.1, 0.15) is 12.0 Å². The zero-order valence-corrected chi connectivity index (χ0v) is 16.1. The minimum Gasteiger partial charge on any atom is -0.465 e. The van der Waals surface area contributed by atoms with E-state index in [0.717, 1.165) is 33.5 Å². The Labute approximate surface area is 165 Å². The molecule has 3 heterocycles. The second-order valence-corrected chi connectivity index (χ2v) is 7.96. The molecular weight excluding hydrogens is 372 g/mol. The summed E-state index contributed by atoms with van der Waals surface area (Å²) in [5.41, 5.74) is 4.14. The van der Waals surface area contributed by atoms with Crippen molar-refractivity contribution < 1.29 is 9.53 Å². The highest BCUT2D eigenvalue weighted by Crippen LogP contribution is 2.35. The molecule has 4 aromatic rings. The van der Waals surface area contributed by atoms with Crippen LogP contribution in [0.4, 0.5) is 0 Å². The number of esters is 1. The molecule has 0 radical (unpaired) electrons. The molecule has 1 N–H and O–H groups in total. The van der Waals surface area contributed by atoms with Gasteiger partial charge in [0, 0.05) is 34.8 Å². The Bertz CT molecular complexity index is 1180. The molecule has 0 amide bonds. The van der Waals surface area contributed by atoms with Gasteiger partial charge in [0.2, 0.25) is 0 Å². The van der Waals surface area contributed by atoms with Gasteiger partial charge in [-0.1, -0.05) is 42.1 Å². The van der Waals surface area contributed by atoms with E-state index in [-0.39, 0.29) is 11.2 Å². The third-order valence-corrected chi connectivity index (χ3v) is 6.05. The summed E-state index contributed by atoms with van der Waals surface area (Å²) in [6.45, 7) is 2.52. The van der Waals surface area contributed by atoms with Crippen molar-refractivity contribution >= 4 is 28.6 Å². The highest BCUT2D eigenvalue weighted by atomic mass is 32.2. The molecule has 0 saturated carbocycles. The van der Waals surface area contributed by atoms with Crippen LogP contribution in [-0.4, -0.2) is 37.6 Å². The number of ether oxygens (including phenoxy) is 1. The number of H-pyrrole nitrogens is 1. The standard InChI is InChI=1S/C21H18N4O2S/c1-13-5-4-6-14(11-13)25-19(16-12-22-17-8-3-2-7-15(16)17)23-24-21(25)28-18-9-10-27-20(18)26/h2-8,11-12,18,22H,9-10H2,1H3. The molecule has 1 atom stereocenters. The fraction of sp³-hybridized carbons (Fsp3) is 0.190. The molecule has 1 aliphatic rings. The number of thioether (sulfide) groups is 1.